The number of aliphatic hydroxyl groups excluding tert-OH is 1. The molecule has 100 valence electrons. The average molecular weight is 243 g/mol. The highest BCUT2D eigenvalue weighted by atomic mass is 16.3. The first-order chi connectivity index (χ1) is 7.97. The number of amides is 1. The van der Waals surface area contributed by atoms with E-state index in [-0.39, 0.29) is 30.9 Å². The molecule has 0 bridgehead atoms. The molecule has 0 aromatic carbocycles. The SMILES string of the molecule is CC(CO)C(C)NC(=O)CC1(O)CCCCC1. The average Bonchev–Trinajstić information content (AvgIpc) is 2.27. The van der Waals surface area contributed by atoms with E-state index in [0.717, 1.165) is 32.1 Å². The van der Waals surface area contributed by atoms with Crippen LogP contribution in [0.25, 0.3) is 0 Å². The summed E-state index contributed by atoms with van der Waals surface area (Å²) in [5.41, 5.74) is -0.801. The second-order valence-corrected chi connectivity index (χ2v) is 5.48. The van der Waals surface area contributed by atoms with Crippen molar-refractivity contribution in [3.63, 3.8) is 0 Å². The van der Waals surface area contributed by atoms with Gasteiger partial charge in [0.2, 0.25) is 5.91 Å². The predicted molar refractivity (Wildman–Crippen MR) is 66.5 cm³/mol. The largest absolute Gasteiger partial charge is 0.396 e. The Kier molecular flexibility index (Phi) is 5.40. The fraction of sp³-hybridized carbons (Fsp3) is 0.923. The van der Waals surface area contributed by atoms with Crippen LogP contribution in [0.15, 0.2) is 0 Å². The van der Waals surface area contributed by atoms with Crippen LogP contribution in [0.2, 0.25) is 0 Å². The van der Waals surface area contributed by atoms with Crippen molar-refractivity contribution in [1.82, 2.24) is 5.32 Å². The van der Waals surface area contributed by atoms with Crippen LogP contribution in [-0.4, -0.2) is 34.4 Å². The van der Waals surface area contributed by atoms with Gasteiger partial charge in [0.15, 0.2) is 0 Å². The molecular weight excluding hydrogens is 218 g/mol. The lowest BCUT2D eigenvalue weighted by molar-refractivity contribution is -0.128. The number of carbonyl (C=O) groups is 1. The molecule has 1 rings (SSSR count). The van der Waals surface area contributed by atoms with E-state index in [9.17, 15) is 9.90 Å². The minimum Gasteiger partial charge on any atom is -0.396 e. The molecule has 0 radical (unpaired) electrons. The Labute approximate surface area is 103 Å². The third-order valence-corrected chi connectivity index (χ3v) is 3.80. The molecule has 0 aliphatic heterocycles. The normalized spacial score (nSPS) is 22.8. The van der Waals surface area contributed by atoms with Gasteiger partial charge in [0.1, 0.15) is 0 Å². The molecule has 0 aromatic heterocycles. The molecule has 0 spiro atoms. The summed E-state index contributed by atoms with van der Waals surface area (Å²) in [6.07, 6.45) is 4.81. The minimum absolute atomic E-state index is 0.0416. The Balaban J connectivity index is 2.38. The van der Waals surface area contributed by atoms with Gasteiger partial charge in [0.05, 0.1) is 12.0 Å². The molecule has 0 aromatic rings. The first-order valence-electron chi connectivity index (χ1n) is 6.59. The lowest BCUT2D eigenvalue weighted by Crippen LogP contribution is -2.43. The summed E-state index contributed by atoms with van der Waals surface area (Å²) in [6, 6.07) is -0.0558. The van der Waals surface area contributed by atoms with Gasteiger partial charge in [-0.2, -0.15) is 0 Å². The summed E-state index contributed by atoms with van der Waals surface area (Å²) in [4.78, 5) is 11.8. The lowest BCUT2D eigenvalue weighted by atomic mass is 9.82. The molecule has 1 saturated carbocycles. The summed E-state index contributed by atoms with van der Waals surface area (Å²) in [5, 5.41) is 22.1. The first-order valence-corrected chi connectivity index (χ1v) is 6.59. The molecule has 4 heteroatoms. The van der Waals surface area contributed by atoms with Crippen molar-refractivity contribution in [3.8, 4) is 0 Å². The molecular formula is C13H25NO3. The van der Waals surface area contributed by atoms with Gasteiger partial charge in [-0.05, 0) is 25.7 Å². The summed E-state index contributed by atoms with van der Waals surface area (Å²) in [7, 11) is 0. The zero-order valence-corrected chi connectivity index (χ0v) is 10.9. The van der Waals surface area contributed by atoms with Crippen molar-refractivity contribution in [2.45, 2.75) is 64.0 Å². The molecule has 1 aliphatic rings. The number of nitrogens with one attached hydrogen (secondary N) is 1. The number of aliphatic hydroxyl groups is 2. The maximum Gasteiger partial charge on any atom is 0.223 e. The van der Waals surface area contributed by atoms with Gasteiger partial charge in [-0.1, -0.05) is 26.2 Å². The zero-order valence-electron chi connectivity index (χ0n) is 10.9. The number of carbonyl (C=O) groups excluding carboxylic acids is 1. The Morgan fingerprint density at radius 2 is 1.88 bits per heavy atom. The first kappa shape index (κ1) is 14.5. The van der Waals surface area contributed by atoms with Gasteiger partial charge in [0.25, 0.3) is 0 Å². The summed E-state index contributed by atoms with van der Waals surface area (Å²) in [6.45, 7) is 3.83. The molecule has 1 aliphatic carbocycles. The van der Waals surface area contributed by atoms with Crippen LogP contribution in [-0.2, 0) is 4.79 Å². The van der Waals surface area contributed by atoms with Gasteiger partial charge >= 0.3 is 0 Å². The smallest absolute Gasteiger partial charge is 0.223 e. The molecule has 3 N–H and O–H groups in total. The van der Waals surface area contributed by atoms with Gasteiger partial charge < -0.3 is 15.5 Å². The maximum atomic E-state index is 11.8. The van der Waals surface area contributed by atoms with Crippen molar-refractivity contribution >= 4 is 5.91 Å². The highest BCUT2D eigenvalue weighted by Gasteiger charge is 2.32. The van der Waals surface area contributed by atoms with E-state index < -0.39 is 5.60 Å². The highest BCUT2D eigenvalue weighted by molar-refractivity contribution is 5.77. The molecule has 2 atom stereocenters. The van der Waals surface area contributed by atoms with E-state index in [2.05, 4.69) is 5.32 Å². The van der Waals surface area contributed by atoms with Crippen LogP contribution in [0.5, 0.6) is 0 Å². The van der Waals surface area contributed by atoms with Crippen LogP contribution in [0.4, 0.5) is 0 Å². The van der Waals surface area contributed by atoms with Crippen LogP contribution >= 0.6 is 0 Å². The standard InChI is InChI=1S/C13H25NO3/c1-10(9-15)11(2)14-12(16)8-13(17)6-4-3-5-7-13/h10-11,15,17H,3-9H2,1-2H3,(H,14,16). The maximum absolute atomic E-state index is 11.8. The van der Waals surface area contributed by atoms with Crippen molar-refractivity contribution < 1.29 is 15.0 Å². The van der Waals surface area contributed by atoms with Gasteiger partial charge in [-0.25, -0.2) is 0 Å². The Morgan fingerprint density at radius 3 is 2.41 bits per heavy atom. The van der Waals surface area contributed by atoms with Crippen LogP contribution in [0.1, 0.15) is 52.4 Å². The van der Waals surface area contributed by atoms with E-state index in [1.54, 1.807) is 0 Å². The van der Waals surface area contributed by atoms with Crippen LogP contribution in [0.3, 0.4) is 0 Å². The summed E-state index contributed by atoms with van der Waals surface area (Å²) >= 11 is 0. The number of hydrogen-bond donors (Lipinski definition) is 3. The molecule has 17 heavy (non-hydrogen) atoms. The lowest BCUT2D eigenvalue weighted by Gasteiger charge is -2.32. The highest BCUT2D eigenvalue weighted by Crippen LogP contribution is 2.30. The van der Waals surface area contributed by atoms with E-state index in [4.69, 9.17) is 5.11 Å². The van der Waals surface area contributed by atoms with E-state index in [1.165, 1.54) is 0 Å². The fourth-order valence-corrected chi connectivity index (χ4v) is 2.29. The molecule has 2 unspecified atom stereocenters. The Hall–Kier alpha value is -0.610. The molecule has 0 heterocycles. The molecule has 4 nitrogen and oxygen atoms in total. The van der Waals surface area contributed by atoms with Crippen molar-refractivity contribution in [1.29, 1.82) is 0 Å². The Morgan fingerprint density at radius 1 is 1.29 bits per heavy atom. The minimum atomic E-state index is -0.801. The summed E-state index contributed by atoms with van der Waals surface area (Å²) in [5.74, 6) is -0.0675. The topological polar surface area (TPSA) is 69.6 Å². The quantitative estimate of drug-likeness (QED) is 0.679. The third kappa shape index (κ3) is 4.64. The predicted octanol–water partition coefficient (Wildman–Crippen LogP) is 1.20. The second kappa shape index (κ2) is 6.36. The monoisotopic (exact) mass is 243 g/mol. The van der Waals surface area contributed by atoms with Crippen LogP contribution < -0.4 is 5.32 Å². The van der Waals surface area contributed by atoms with E-state index >= 15 is 0 Å². The Bertz CT molecular complexity index is 249. The number of hydrogen-bond acceptors (Lipinski definition) is 3. The van der Waals surface area contributed by atoms with Gasteiger partial charge in [-0.15, -0.1) is 0 Å². The van der Waals surface area contributed by atoms with Gasteiger partial charge in [-0.3, -0.25) is 4.79 Å². The zero-order chi connectivity index (χ0) is 12.9. The fourth-order valence-electron chi connectivity index (χ4n) is 2.29. The molecule has 1 amide bonds. The van der Waals surface area contributed by atoms with Crippen LogP contribution in [0, 0.1) is 5.92 Å². The van der Waals surface area contributed by atoms with E-state index in [0.29, 0.717) is 0 Å². The van der Waals surface area contributed by atoms with Crippen molar-refractivity contribution in [2.24, 2.45) is 5.92 Å². The number of rotatable bonds is 5. The van der Waals surface area contributed by atoms with E-state index in [1.807, 2.05) is 13.8 Å². The molecule has 0 saturated heterocycles. The third-order valence-electron chi connectivity index (χ3n) is 3.80. The molecule has 1 fully saturated rings. The van der Waals surface area contributed by atoms with Gasteiger partial charge in [0, 0.05) is 12.6 Å². The second-order valence-electron chi connectivity index (χ2n) is 5.48. The van der Waals surface area contributed by atoms with Crippen molar-refractivity contribution in [2.75, 3.05) is 6.61 Å². The van der Waals surface area contributed by atoms with Crippen molar-refractivity contribution in [3.05, 3.63) is 0 Å². The summed E-state index contributed by atoms with van der Waals surface area (Å²) < 4.78 is 0.